The smallest absolute Gasteiger partial charge is 0.124 e. The minimum Gasteiger partial charge on any atom is -0.235 e. The Kier molecular flexibility index (Phi) is 6.31. The Bertz CT molecular complexity index is 1950. The Labute approximate surface area is 239 Å². The first-order valence-corrected chi connectivity index (χ1v) is 14.4. The predicted molar refractivity (Wildman–Crippen MR) is 172 cm³/mol. The van der Waals surface area contributed by atoms with Gasteiger partial charge >= 0.3 is 0 Å². The van der Waals surface area contributed by atoms with Crippen molar-refractivity contribution in [2.45, 2.75) is 6.92 Å². The second-order valence-corrected chi connectivity index (χ2v) is 11.1. The number of benzene rings is 6. The molecule has 0 saturated carbocycles. The fourth-order valence-electron chi connectivity index (χ4n) is 5.35. The molecule has 7 aromatic rings. The summed E-state index contributed by atoms with van der Waals surface area (Å²) in [7, 11) is 0. The van der Waals surface area contributed by atoms with Gasteiger partial charge in [0.2, 0.25) is 0 Å². The van der Waals surface area contributed by atoms with E-state index in [1.54, 1.807) is 11.3 Å². The van der Waals surface area contributed by atoms with Crippen molar-refractivity contribution >= 4 is 21.6 Å². The maximum absolute atomic E-state index is 5.24. The van der Waals surface area contributed by atoms with Crippen LogP contribution >= 0.6 is 11.3 Å². The van der Waals surface area contributed by atoms with Crippen molar-refractivity contribution in [3.8, 4) is 55.1 Å². The third-order valence-electron chi connectivity index (χ3n) is 7.45. The van der Waals surface area contributed by atoms with Gasteiger partial charge in [-0.1, -0.05) is 121 Å². The fourth-order valence-corrected chi connectivity index (χ4v) is 6.47. The molecule has 0 aliphatic carbocycles. The van der Waals surface area contributed by atoms with Crippen LogP contribution in [0.25, 0.3) is 65.3 Å². The van der Waals surface area contributed by atoms with E-state index in [1.807, 2.05) is 0 Å². The Morgan fingerprint density at radius 3 is 1.60 bits per heavy atom. The highest BCUT2D eigenvalue weighted by Crippen LogP contribution is 2.41. The number of hydrogen-bond donors (Lipinski definition) is 0. The first-order chi connectivity index (χ1) is 19.7. The lowest BCUT2D eigenvalue weighted by molar-refractivity contribution is 1.41. The van der Waals surface area contributed by atoms with Crippen LogP contribution in [-0.4, -0.2) is 4.98 Å². The number of thiazole rings is 1. The normalized spacial score (nSPS) is 11.1. The molecule has 2 heteroatoms. The molecule has 0 bridgehead atoms. The molecule has 1 nitrogen and oxygen atoms in total. The van der Waals surface area contributed by atoms with Crippen molar-refractivity contribution in [3.05, 3.63) is 151 Å². The molecule has 1 heterocycles. The van der Waals surface area contributed by atoms with Crippen molar-refractivity contribution in [2.24, 2.45) is 0 Å². The molecule has 1 aromatic heterocycles. The summed E-state index contributed by atoms with van der Waals surface area (Å²) in [5, 5.41) is 1.06. The summed E-state index contributed by atoms with van der Waals surface area (Å²) in [6.45, 7) is 2.16. The molecule has 0 spiro atoms. The van der Waals surface area contributed by atoms with Gasteiger partial charge in [0, 0.05) is 11.1 Å². The maximum Gasteiger partial charge on any atom is 0.124 e. The SMILES string of the molecule is Cc1ccccc1-c1nc2c(-c3cccc(-c4ccccc4)c3)cc(-c3cccc(-c4ccccc4)c3)cc2s1. The van der Waals surface area contributed by atoms with Gasteiger partial charge in [-0.3, -0.25) is 0 Å². The summed E-state index contributed by atoms with van der Waals surface area (Å²) < 4.78 is 1.20. The molecule has 0 saturated heterocycles. The van der Waals surface area contributed by atoms with Gasteiger partial charge in [-0.15, -0.1) is 11.3 Å². The van der Waals surface area contributed by atoms with E-state index in [0.717, 1.165) is 16.1 Å². The quantitative estimate of drug-likeness (QED) is 0.216. The molecule has 7 rings (SSSR count). The second-order valence-electron chi connectivity index (χ2n) is 10.1. The number of hydrogen-bond acceptors (Lipinski definition) is 2. The number of rotatable bonds is 5. The lowest BCUT2D eigenvalue weighted by atomic mass is 9.94. The molecule has 0 unspecified atom stereocenters. The molecule has 0 radical (unpaired) electrons. The van der Waals surface area contributed by atoms with Gasteiger partial charge in [-0.2, -0.15) is 0 Å². The van der Waals surface area contributed by atoms with Crippen LogP contribution in [-0.2, 0) is 0 Å². The lowest BCUT2D eigenvalue weighted by Gasteiger charge is -2.11. The molecular formula is C38H27NS. The molecule has 190 valence electrons. The fraction of sp³-hybridized carbons (Fsp3) is 0.0263. The van der Waals surface area contributed by atoms with Gasteiger partial charge in [0.15, 0.2) is 0 Å². The van der Waals surface area contributed by atoms with E-state index in [-0.39, 0.29) is 0 Å². The van der Waals surface area contributed by atoms with Gasteiger partial charge in [-0.05, 0) is 75.7 Å². The van der Waals surface area contributed by atoms with Crippen LogP contribution in [0, 0.1) is 6.92 Å². The minimum absolute atomic E-state index is 1.05. The molecule has 40 heavy (non-hydrogen) atoms. The topological polar surface area (TPSA) is 12.9 Å². The standard InChI is InChI=1S/C38H27NS/c1-26-12-8-9-21-34(26)38-39-37-35(32-20-11-18-30(23-32)28-15-6-3-7-16-28)24-33(25-36(37)40-38)31-19-10-17-29(22-31)27-13-4-2-5-14-27/h2-25H,1H3. The number of aryl methyl sites for hydroxylation is 1. The van der Waals surface area contributed by atoms with E-state index in [0.29, 0.717) is 0 Å². The zero-order valence-electron chi connectivity index (χ0n) is 22.2. The van der Waals surface area contributed by atoms with Crippen molar-refractivity contribution in [3.63, 3.8) is 0 Å². The van der Waals surface area contributed by atoms with E-state index in [4.69, 9.17) is 4.98 Å². The Hall–Kier alpha value is -4.79. The van der Waals surface area contributed by atoms with Gasteiger partial charge in [0.05, 0.1) is 10.2 Å². The van der Waals surface area contributed by atoms with E-state index in [9.17, 15) is 0 Å². The van der Waals surface area contributed by atoms with Crippen molar-refractivity contribution in [2.75, 3.05) is 0 Å². The number of fused-ring (bicyclic) bond motifs is 1. The molecule has 0 amide bonds. The van der Waals surface area contributed by atoms with E-state index < -0.39 is 0 Å². The first kappa shape index (κ1) is 24.3. The van der Waals surface area contributed by atoms with Crippen LogP contribution < -0.4 is 0 Å². The van der Waals surface area contributed by atoms with Crippen molar-refractivity contribution in [1.29, 1.82) is 0 Å². The molecule has 6 aromatic carbocycles. The molecule has 0 aliphatic rings. The second kappa shape index (κ2) is 10.4. The largest absolute Gasteiger partial charge is 0.235 e. The molecule has 0 atom stereocenters. The Morgan fingerprint density at radius 2 is 0.950 bits per heavy atom. The third-order valence-corrected chi connectivity index (χ3v) is 8.49. The summed E-state index contributed by atoms with van der Waals surface area (Å²) in [5.74, 6) is 0. The summed E-state index contributed by atoms with van der Waals surface area (Å²) >= 11 is 1.77. The van der Waals surface area contributed by atoms with Gasteiger partial charge in [0.25, 0.3) is 0 Å². The average molecular weight is 530 g/mol. The monoisotopic (exact) mass is 529 g/mol. The zero-order valence-corrected chi connectivity index (χ0v) is 23.0. The third kappa shape index (κ3) is 4.64. The molecule has 0 fully saturated rings. The van der Waals surface area contributed by atoms with Crippen LogP contribution in [0.4, 0.5) is 0 Å². The average Bonchev–Trinajstić information content (AvgIpc) is 3.46. The van der Waals surface area contributed by atoms with Gasteiger partial charge in [0.1, 0.15) is 5.01 Å². The molecule has 0 aliphatic heterocycles. The Balaban J connectivity index is 1.43. The molecule has 0 N–H and O–H groups in total. The van der Waals surface area contributed by atoms with Crippen LogP contribution in [0.2, 0.25) is 0 Å². The number of aromatic nitrogens is 1. The van der Waals surface area contributed by atoms with Gasteiger partial charge in [-0.25, -0.2) is 4.98 Å². The van der Waals surface area contributed by atoms with Crippen molar-refractivity contribution < 1.29 is 0 Å². The highest BCUT2D eigenvalue weighted by molar-refractivity contribution is 7.21. The summed E-state index contributed by atoms with van der Waals surface area (Å²) in [6.07, 6.45) is 0. The minimum atomic E-state index is 1.05. The van der Waals surface area contributed by atoms with Gasteiger partial charge < -0.3 is 0 Å². The van der Waals surface area contributed by atoms with Crippen LogP contribution in [0.5, 0.6) is 0 Å². The highest BCUT2D eigenvalue weighted by Gasteiger charge is 2.16. The zero-order chi connectivity index (χ0) is 26.9. The summed E-state index contributed by atoms with van der Waals surface area (Å²) in [6, 6.07) is 52.0. The maximum atomic E-state index is 5.24. The highest BCUT2D eigenvalue weighted by atomic mass is 32.1. The predicted octanol–water partition coefficient (Wildman–Crippen LogP) is 10.9. The van der Waals surface area contributed by atoms with E-state index >= 15 is 0 Å². The van der Waals surface area contributed by atoms with Crippen molar-refractivity contribution in [1.82, 2.24) is 4.98 Å². The summed E-state index contributed by atoms with van der Waals surface area (Å²) in [5.41, 5.74) is 13.1. The number of nitrogens with zero attached hydrogens (tertiary/aromatic N) is 1. The lowest BCUT2D eigenvalue weighted by Crippen LogP contribution is -1.87. The Morgan fingerprint density at radius 1 is 0.425 bits per heavy atom. The summed E-state index contributed by atoms with van der Waals surface area (Å²) in [4.78, 5) is 5.24. The van der Waals surface area contributed by atoms with Crippen LogP contribution in [0.3, 0.4) is 0 Å². The van der Waals surface area contributed by atoms with E-state index in [2.05, 4.69) is 153 Å². The van der Waals surface area contributed by atoms with Crippen LogP contribution in [0.15, 0.2) is 146 Å². The van der Waals surface area contributed by atoms with E-state index in [1.165, 1.54) is 54.8 Å². The molecular weight excluding hydrogens is 502 g/mol. The van der Waals surface area contributed by atoms with Crippen LogP contribution in [0.1, 0.15) is 5.56 Å². The first-order valence-electron chi connectivity index (χ1n) is 13.6.